The molecule has 1 fully saturated rings. The van der Waals surface area contributed by atoms with E-state index in [1.54, 1.807) is 6.07 Å². The molecule has 0 heterocycles. The molecule has 1 aromatic rings. The average Bonchev–Trinajstić information content (AvgIpc) is 2.88. The van der Waals surface area contributed by atoms with Gasteiger partial charge < -0.3 is 10.6 Å². The molecule has 2 N–H and O–H groups in total. The van der Waals surface area contributed by atoms with E-state index in [0.717, 1.165) is 25.7 Å². The van der Waals surface area contributed by atoms with Crippen molar-refractivity contribution in [2.75, 3.05) is 6.54 Å². The summed E-state index contributed by atoms with van der Waals surface area (Å²) < 4.78 is 13.2. The van der Waals surface area contributed by atoms with Crippen molar-refractivity contribution in [1.82, 2.24) is 4.90 Å². The number of halogens is 1. The number of primary amides is 1. The Hall–Kier alpha value is -1.91. The average molecular weight is 264 g/mol. The van der Waals surface area contributed by atoms with Gasteiger partial charge in [0.05, 0.1) is 6.54 Å². The van der Waals surface area contributed by atoms with Crippen molar-refractivity contribution in [2.24, 2.45) is 5.73 Å². The molecule has 102 valence electrons. The summed E-state index contributed by atoms with van der Waals surface area (Å²) in [6.07, 6.45) is 3.81. The molecule has 0 aromatic heterocycles. The van der Waals surface area contributed by atoms with Crippen LogP contribution in [0.4, 0.5) is 4.39 Å². The van der Waals surface area contributed by atoms with Crippen LogP contribution in [0.3, 0.4) is 0 Å². The number of rotatable bonds is 4. The fourth-order valence-corrected chi connectivity index (χ4v) is 2.54. The molecule has 5 heteroatoms. The van der Waals surface area contributed by atoms with Crippen LogP contribution in [0.25, 0.3) is 0 Å². The molecule has 4 nitrogen and oxygen atoms in total. The highest BCUT2D eigenvalue weighted by atomic mass is 19.1. The number of nitrogens with two attached hydrogens (primary N) is 1. The lowest BCUT2D eigenvalue weighted by Gasteiger charge is -2.27. The molecule has 0 radical (unpaired) electrons. The fourth-order valence-electron chi connectivity index (χ4n) is 2.54. The van der Waals surface area contributed by atoms with Crippen LogP contribution in [0.1, 0.15) is 36.0 Å². The first-order chi connectivity index (χ1) is 9.08. The van der Waals surface area contributed by atoms with E-state index in [1.807, 2.05) is 0 Å². The van der Waals surface area contributed by atoms with Gasteiger partial charge in [0.25, 0.3) is 5.91 Å². The standard InChI is InChI=1S/C14H17FN2O2/c15-11-5-3-4-10(8-11)14(19)17(9-13(16)18)12-6-1-2-7-12/h3-5,8,12H,1-2,6-7,9H2,(H2,16,18). The molecule has 1 aliphatic carbocycles. The summed E-state index contributed by atoms with van der Waals surface area (Å²) in [5.74, 6) is -1.34. The lowest BCUT2D eigenvalue weighted by Crippen LogP contribution is -2.44. The quantitative estimate of drug-likeness (QED) is 0.899. The Morgan fingerprint density at radius 2 is 2.00 bits per heavy atom. The maximum atomic E-state index is 13.2. The number of amides is 2. The molecule has 19 heavy (non-hydrogen) atoms. The van der Waals surface area contributed by atoms with Crippen LogP contribution in [-0.2, 0) is 4.79 Å². The van der Waals surface area contributed by atoms with Crippen LogP contribution in [-0.4, -0.2) is 29.3 Å². The Labute approximate surface area is 111 Å². The smallest absolute Gasteiger partial charge is 0.254 e. The predicted octanol–water partition coefficient (Wildman–Crippen LogP) is 1.70. The van der Waals surface area contributed by atoms with Gasteiger partial charge in [-0.3, -0.25) is 9.59 Å². The lowest BCUT2D eigenvalue weighted by molar-refractivity contribution is -0.119. The summed E-state index contributed by atoms with van der Waals surface area (Å²) in [7, 11) is 0. The third-order valence-electron chi connectivity index (χ3n) is 3.42. The molecule has 2 rings (SSSR count). The fraction of sp³-hybridized carbons (Fsp3) is 0.429. The van der Waals surface area contributed by atoms with E-state index in [2.05, 4.69) is 0 Å². The minimum Gasteiger partial charge on any atom is -0.368 e. The Morgan fingerprint density at radius 1 is 1.32 bits per heavy atom. The van der Waals surface area contributed by atoms with Crippen LogP contribution >= 0.6 is 0 Å². The molecule has 1 aliphatic rings. The summed E-state index contributed by atoms with van der Waals surface area (Å²) in [6.45, 7) is -0.111. The highest BCUT2D eigenvalue weighted by Gasteiger charge is 2.28. The van der Waals surface area contributed by atoms with Crippen molar-refractivity contribution in [3.05, 3.63) is 35.6 Å². The normalized spacial score (nSPS) is 15.4. The largest absolute Gasteiger partial charge is 0.368 e. The van der Waals surface area contributed by atoms with E-state index in [4.69, 9.17) is 5.73 Å². The molecule has 0 spiro atoms. The van der Waals surface area contributed by atoms with Crippen LogP contribution in [0.15, 0.2) is 24.3 Å². The number of carbonyl (C=O) groups excluding carboxylic acids is 2. The summed E-state index contributed by atoms with van der Waals surface area (Å²) in [4.78, 5) is 25.0. The molecule has 0 aliphatic heterocycles. The SMILES string of the molecule is NC(=O)CN(C(=O)c1cccc(F)c1)C1CCCC1. The van der Waals surface area contributed by atoms with E-state index in [0.29, 0.717) is 0 Å². The Balaban J connectivity index is 2.21. The summed E-state index contributed by atoms with van der Waals surface area (Å²) in [5.41, 5.74) is 5.46. The number of hydrogen-bond acceptors (Lipinski definition) is 2. The Kier molecular flexibility index (Phi) is 4.14. The predicted molar refractivity (Wildman–Crippen MR) is 68.9 cm³/mol. The highest BCUT2D eigenvalue weighted by Crippen LogP contribution is 2.24. The zero-order chi connectivity index (χ0) is 13.8. The van der Waals surface area contributed by atoms with Crippen LogP contribution in [0, 0.1) is 5.82 Å². The van der Waals surface area contributed by atoms with Crippen molar-refractivity contribution >= 4 is 11.8 Å². The summed E-state index contributed by atoms with van der Waals surface area (Å²) in [6, 6.07) is 5.53. The molecule has 0 atom stereocenters. The molecule has 2 amide bonds. The van der Waals surface area contributed by atoms with Crippen molar-refractivity contribution in [1.29, 1.82) is 0 Å². The van der Waals surface area contributed by atoms with Gasteiger partial charge in [0, 0.05) is 11.6 Å². The second kappa shape index (κ2) is 5.82. The van der Waals surface area contributed by atoms with Gasteiger partial charge in [-0.05, 0) is 31.0 Å². The summed E-state index contributed by atoms with van der Waals surface area (Å²) in [5, 5.41) is 0. The van der Waals surface area contributed by atoms with Gasteiger partial charge in [-0.1, -0.05) is 18.9 Å². The van der Waals surface area contributed by atoms with E-state index >= 15 is 0 Å². The maximum Gasteiger partial charge on any atom is 0.254 e. The van der Waals surface area contributed by atoms with Crippen molar-refractivity contribution in [3.8, 4) is 0 Å². The number of carbonyl (C=O) groups is 2. The Bertz CT molecular complexity index is 484. The molecule has 0 unspecified atom stereocenters. The van der Waals surface area contributed by atoms with Crippen molar-refractivity contribution in [2.45, 2.75) is 31.7 Å². The molecule has 0 bridgehead atoms. The minimum absolute atomic E-state index is 0.0308. The van der Waals surface area contributed by atoms with Gasteiger partial charge >= 0.3 is 0 Å². The second-order valence-electron chi connectivity index (χ2n) is 4.85. The molecular weight excluding hydrogens is 247 g/mol. The number of hydrogen-bond donors (Lipinski definition) is 1. The van der Waals surface area contributed by atoms with Gasteiger partial charge in [-0.2, -0.15) is 0 Å². The number of benzene rings is 1. The molecule has 1 saturated carbocycles. The van der Waals surface area contributed by atoms with E-state index in [-0.39, 0.29) is 24.1 Å². The van der Waals surface area contributed by atoms with Gasteiger partial charge in [0.15, 0.2) is 0 Å². The Morgan fingerprint density at radius 3 is 2.58 bits per heavy atom. The minimum atomic E-state index is -0.545. The van der Waals surface area contributed by atoms with Crippen molar-refractivity contribution in [3.63, 3.8) is 0 Å². The molecule has 0 saturated heterocycles. The van der Waals surface area contributed by atoms with Gasteiger partial charge in [0.1, 0.15) is 5.82 Å². The van der Waals surface area contributed by atoms with E-state index < -0.39 is 11.7 Å². The zero-order valence-corrected chi connectivity index (χ0v) is 10.6. The van der Waals surface area contributed by atoms with Gasteiger partial charge in [0.2, 0.25) is 5.91 Å². The zero-order valence-electron chi connectivity index (χ0n) is 10.6. The monoisotopic (exact) mass is 264 g/mol. The lowest BCUT2D eigenvalue weighted by atomic mass is 10.1. The number of nitrogens with zero attached hydrogens (tertiary/aromatic N) is 1. The molecular formula is C14H17FN2O2. The second-order valence-corrected chi connectivity index (χ2v) is 4.85. The van der Waals surface area contributed by atoms with Gasteiger partial charge in [-0.25, -0.2) is 4.39 Å². The van der Waals surface area contributed by atoms with Gasteiger partial charge in [-0.15, -0.1) is 0 Å². The first-order valence-electron chi connectivity index (χ1n) is 6.43. The van der Waals surface area contributed by atoms with Crippen LogP contribution < -0.4 is 5.73 Å². The van der Waals surface area contributed by atoms with Crippen LogP contribution in [0.5, 0.6) is 0 Å². The third kappa shape index (κ3) is 3.30. The van der Waals surface area contributed by atoms with Crippen LogP contribution in [0.2, 0.25) is 0 Å². The van der Waals surface area contributed by atoms with E-state index in [1.165, 1.54) is 23.1 Å². The first-order valence-corrected chi connectivity index (χ1v) is 6.43. The molecule has 1 aromatic carbocycles. The van der Waals surface area contributed by atoms with Crippen molar-refractivity contribution < 1.29 is 14.0 Å². The maximum absolute atomic E-state index is 13.2. The summed E-state index contributed by atoms with van der Waals surface area (Å²) >= 11 is 0. The third-order valence-corrected chi connectivity index (χ3v) is 3.42. The highest BCUT2D eigenvalue weighted by molar-refractivity contribution is 5.96. The topological polar surface area (TPSA) is 63.4 Å². The van der Waals surface area contributed by atoms with E-state index in [9.17, 15) is 14.0 Å². The first kappa shape index (κ1) is 13.5.